The fourth-order valence-corrected chi connectivity index (χ4v) is 3.00. The molecule has 0 saturated carbocycles. The summed E-state index contributed by atoms with van der Waals surface area (Å²) in [6.45, 7) is 4.87. The Bertz CT molecular complexity index is 419. The normalized spacial score (nSPS) is 21.8. The first-order valence-corrected chi connectivity index (χ1v) is 7.26. The van der Waals surface area contributed by atoms with Crippen LogP contribution in [0.3, 0.4) is 0 Å². The average Bonchev–Trinajstić information content (AvgIpc) is 2.35. The Morgan fingerprint density at radius 1 is 1.42 bits per heavy atom. The molecule has 2 nitrogen and oxygen atoms in total. The molecule has 1 aliphatic carbocycles. The van der Waals surface area contributed by atoms with E-state index in [1.54, 1.807) is 12.1 Å². The second-order valence-electron chi connectivity index (χ2n) is 5.89. The summed E-state index contributed by atoms with van der Waals surface area (Å²) in [5.74, 6) is 0.313. The van der Waals surface area contributed by atoms with Gasteiger partial charge in [0.1, 0.15) is 5.82 Å². The molecule has 0 fully saturated rings. The molecule has 106 valence electrons. The summed E-state index contributed by atoms with van der Waals surface area (Å²) in [5, 5.41) is 12.9. The Morgan fingerprint density at radius 2 is 2.21 bits per heavy atom. The number of aryl methyl sites for hydroxylation is 1. The lowest BCUT2D eigenvalue weighted by Gasteiger charge is -2.28. The van der Waals surface area contributed by atoms with Crippen molar-refractivity contribution in [1.82, 2.24) is 5.32 Å². The highest BCUT2D eigenvalue weighted by Crippen LogP contribution is 2.30. The number of benzene rings is 1. The van der Waals surface area contributed by atoms with Gasteiger partial charge in [0.25, 0.3) is 0 Å². The largest absolute Gasteiger partial charge is 0.393 e. The Labute approximate surface area is 115 Å². The van der Waals surface area contributed by atoms with Crippen molar-refractivity contribution in [2.24, 2.45) is 5.92 Å². The minimum absolute atomic E-state index is 0.137. The van der Waals surface area contributed by atoms with Gasteiger partial charge in [0.15, 0.2) is 0 Å². The van der Waals surface area contributed by atoms with Crippen LogP contribution in [0.2, 0.25) is 0 Å². The van der Waals surface area contributed by atoms with Gasteiger partial charge in [-0.05, 0) is 68.3 Å². The van der Waals surface area contributed by atoms with Crippen molar-refractivity contribution in [3.05, 3.63) is 35.1 Å². The third kappa shape index (κ3) is 4.02. The Kier molecular flexibility index (Phi) is 4.94. The van der Waals surface area contributed by atoms with Gasteiger partial charge in [-0.2, -0.15) is 0 Å². The van der Waals surface area contributed by atoms with Crippen LogP contribution in [0.5, 0.6) is 0 Å². The summed E-state index contributed by atoms with van der Waals surface area (Å²) >= 11 is 0. The molecular formula is C16H24FNO. The summed E-state index contributed by atoms with van der Waals surface area (Å²) in [5.41, 5.74) is 2.39. The maximum absolute atomic E-state index is 13.2. The fourth-order valence-electron chi connectivity index (χ4n) is 3.00. The van der Waals surface area contributed by atoms with Gasteiger partial charge in [0, 0.05) is 6.04 Å². The molecule has 0 saturated heterocycles. The zero-order valence-corrected chi connectivity index (χ0v) is 11.8. The predicted octanol–water partition coefficient (Wildman–Crippen LogP) is 3.20. The molecule has 0 radical (unpaired) electrons. The SMILES string of the molecule is CC(O)CC(C)CNC1CCCc2cc(F)ccc21. The number of rotatable bonds is 5. The van der Waals surface area contributed by atoms with Gasteiger partial charge in [0.05, 0.1) is 6.10 Å². The summed E-state index contributed by atoms with van der Waals surface area (Å²) in [6.07, 6.45) is 3.77. The third-order valence-electron chi connectivity index (χ3n) is 3.88. The van der Waals surface area contributed by atoms with Crippen molar-refractivity contribution in [1.29, 1.82) is 0 Å². The number of halogens is 1. The van der Waals surface area contributed by atoms with Crippen molar-refractivity contribution >= 4 is 0 Å². The maximum Gasteiger partial charge on any atom is 0.123 e. The van der Waals surface area contributed by atoms with E-state index in [2.05, 4.69) is 12.2 Å². The van der Waals surface area contributed by atoms with Gasteiger partial charge in [-0.25, -0.2) is 4.39 Å². The second-order valence-corrected chi connectivity index (χ2v) is 5.89. The van der Waals surface area contributed by atoms with Crippen LogP contribution in [0.1, 0.15) is 50.3 Å². The molecule has 0 heterocycles. The van der Waals surface area contributed by atoms with Gasteiger partial charge < -0.3 is 10.4 Å². The van der Waals surface area contributed by atoms with E-state index in [1.165, 1.54) is 5.56 Å². The Morgan fingerprint density at radius 3 is 2.95 bits per heavy atom. The van der Waals surface area contributed by atoms with E-state index in [1.807, 2.05) is 13.0 Å². The van der Waals surface area contributed by atoms with E-state index in [0.29, 0.717) is 12.0 Å². The molecule has 0 aromatic heterocycles. The van der Waals surface area contributed by atoms with Crippen molar-refractivity contribution in [3.8, 4) is 0 Å². The lowest BCUT2D eigenvalue weighted by atomic mass is 9.87. The lowest BCUT2D eigenvalue weighted by Crippen LogP contribution is -2.30. The van der Waals surface area contributed by atoms with Crippen LogP contribution in [-0.2, 0) is 6.42 Å². The molecule has 1 aromatic carbocycles. The molecular weight excluding hydrogens is 241 g/mol. The van der Waals surface area contributed by atoms with E-state index < -0.39 is 0 Å². The minimum Gasteiger partial charge on any atom is -0.393 e. The number of aliphatic hydroxyl groups excluding tert-OH is 1. The van der Waals surface area contributed by atoms with Gasteiger partial charge >= 0.3 is 0 Å². The van der Waals surface area contributed by atoms with Crippen LogP contribution in [0.25, 0.3) is 0 Å². The second kappa shape index (κ2) is 6.49. The molecule has 3 atom stereocenters. The Hall–Kier alpha value is -0.930. The van der Waals surface area contributed by atoms with E-state index in [9.17, 15) is 9.50 Å². The standard InChI is InChI=1S/C16H24FNO/c1-11(8-12(2)19)10-18-16-5-3-4-13-9-14(17)6-7-15(13)16/h6-7,9,11-12,16,18-19H,3-5,8,10H2,1-2H3. The molecule has 19 heavy (non-hydrogen) atoms. The fraction of sp³-hybridized carbons (Fsp3) is 0.625. The van der Waals surface area contributed by atoms with Crippen molar-refractivity contribution in [2.45, 2.75) is 51.7 Å². The molecule has 1 aliphatic rings. The summed E-state index contributed by atoms with van der Waals surface area (Å²) in [6, 6.07) is 5.47. The van der Waals surface area contributed by atoms with Crippen LogP contribution in [0.15, 0.2) is 18.2 Å². The van der Waals surface area contributed by atoms with Crippen molar-refractivity contribution in [3.63, 3.8) is 0 Å². The molecule has 2 rings (SSSR count). The monoisotopic (exact) mass is 265 g/mol. The topological polar surface area (TPSA) is 32.3 Å². The number of hydrogen-bond donors (Lipinski definition) is 2. The van der Waals surface area contributed by atoms with Crippen LogP contribution < -0.4 is 5.32 Å². The minimum atomic E-state index is -0.246. The highest BCUT2D eigenvalue weighted by molar-refractivity contribution is 5.32. The highest BCUT2D eigenvalue weighted by Gasteiger charge is 2.20. The quantitative estimate of drug-likeness (QED) is 0.857. The van der Waals surface area contributed by atoms with Crippen molar-refractivity contribution < 1.29 is 9.50 Å². The van der Waals surface area contributed by atoms with E-state index in [4.69, 9.17) is 0 Å². The van der Waals surface area contributed by atoms with Gasteiger partial charge in [-0.3, -0.25) is 0 Å². The summed E-state index contributed by atoms with van der Waals surface area (Å²) in [4.78, 5) is 0. The van der Waals surface area contributed by atoms with E-state index in [-0.39, 0.29) is 11.9 Å². The number of fused-ring (bicyclic) bond motifs is 1. The molecule has 0 bridgehead atoms. The molecule has 3 unspecified atom stereocenters. The number of aliphatic hydroxyl groups is 1. The first kappa shape index (κ1) is 14.5. The van der Waals surface area contributed by atoms with Crippen LogP contribution in [-0.4, -0.2) is 17.8 Å². The van der Waals surface area contributed by atoms with Gasteiger partial charge in [-0.15, -0.1) is 0 Å². The third-order valence-corrected chi connectivity index (χ3v) is 3.88. The molecule has 2 N–H and O–H groups in total. The highest BCUT2D eigenvalue weighted by atomic mass is 19.1. The maximum atomic E-state index is 13.2. The summed E-state index contributed by atoms with van der Waals surface area (Å²) < 4.78 is 13.2. The van der Waals surface area contributed by atoms with Crippen LogP contribution >= 0.6 is 0 Å². The molecule has 0 spiro atoms. The Balaban J connectivity index is 1.96. The zero-order chi connectivity index (χ0) is 13.8. The van der Waals surface area contributed by atoms with Crippen LogP contribution in [0.4, 0.5) is 4.39 Å². The van der Waals surface area contributed by atoms with E-state index in [0.717, 1.165) is 37.8 Å². The predicted molar refractivity (Wildman–Crippen MR) is 75.5 cm³/mol. The van der Waals surface area contributed by atoms with Gasteiger partial charge in [-0.1, -0.05) is 13.0 Å². The van der Waals surface area contributed by atoms with E-state index >= 15 is 0 Å². The molecule has 0 amide bonds. The number of nitrogens with one attached hydrogen (secondary N) is 1. The first-order chi connectivity index (χ1) is 9.06. The zero-order valence-electron chi connectivity index (χ0n) is 11.8. The van der Waals surface area contributed by atoms with Gasteiger partial charge in [0.2, 0.25) is 0 Å². The first-order valence-electron chi connectivity index (χ1n) is 7.26. The van der Waals surface area contributed by atoms with Crippen molar-refractivity contribution in [2.75, 3.05) is 6.54 Å². The molecule has 3 heteroatoms. The smallest absolute Gasteiger partial charge is 0.123 e. The average molecular weight is 265 g/mol. The number of hydrogen-bond acceptors (Lipinski definition) is 2. The lowest BCUT2D eigenvalue weighted by molar-refractivity contribution is 0.162. The molecule has 0 aliphatic heterocycles. The summed E-state index contributed by atoms with van der Waals surface area (Å²) in [7, 11) is 0. The van der Waals surface area contributed by atoms with Crippen LogP contribution in [0, 0.1) is 11.7 Å². The molecule has 1 aromatic rings.